The van der Waals surface area contributed by atoms with Gasteiger partial charge in [0.2, 0.25) is 5.91 Å². The van der Waals surface area contributed by atoms with Gasteiger partial charge in [-0.05, 0) is 30.3 Å². The number of carbonyl (C=O) groups excluding carboxylic acids is 1. The van der Waals surface area contributed by atoms with E-state index in [1.807, 2.05) is 12.1 Å². The van der Waals surface area contributed by atoms with E-state index in [0.717, 1.165) is 4.90 Å². The molecule has 0 spiro atoms. The Hall–Kier alpha value is -2.25. The van der Waals surface area contributed by atoms with Crippen LogP contribution in [0.4, 0.5) is 11.4 Å². The van der Waals surface area contributed by atoms with Gasteiger partial charge in [-0.1, -0.05) is 11.6 Å². The summed E-state index contributed by atoms with van der Waals surface area (Å²) >= 11 is 7.34. The molecule has 0 bridgehead atoms. The lowest BCUT2D eigenvalue weighted by Gasteiger charge is -2.10. The second-order valence-corrected chi connectivity index (χ2v) is 6.35. The largest absolute Gasteiger partial charge is 0.495 e. The van der Waals surface area contributed by atoms with Crippen LogP contribution in [0.1, 0.15) is 6.42 Å². The zero-order valence-corrected chi connectivity index (χ0v) is 14.4. The molecule has 0 atom stereocenters. The van der Waals surface area contributed by atoms with Crippen molar-refractivity contribution in [2.75, 3.05) is 18.2 Å². The monoisotopic (exact) mass is 366 g/mol. The van der Waals surface area contributed by atoms with E-state index in [1.54, 1.807) is 12.1 Å². The first-order chi connectivity index (χ1) is 11.5. The van der Waals surface area contributed by atoms with Crippen molar-refractivity contribution in [3.8, 4) is 5.75 Å². The standard InChI is InChI=1S/C16H15ClN2O4S/c1-23-15-7-4-12(19(21)22)10-14(15)18-16(20)8-9-24-13-5-2-11(17)3-6-13/h2-7,10H,8-9H2,1H3,(H,18,20). The predicted molar refractivity (Wildman–Crippen MR) is 95.1 cm³/mol. The maximum atomic E-state index is 12.0. The van der Waals surface area contributed by atoms with Crippen molar-refractivity contribution in [1.29, 1.82) is 0 Å². The van der Waals surface area contributed by atoms with Gasteiger partial charge in [0, 0.05) is 34.2 Å². The molecule has 0 unspecified atom stereocenters. The Labute approximate surface area is 148 Å². The van der Waals surface area contributed by atoms with E-state index < -0.39 is 4.92 Å². The molecule has 0 fully saturated rings. The summed E-state index contributed by atoms with van der Waals surface area (Å²) < 4.78 is 5.11. The Bertz CT molecular complexity index is 737. The van der Waals surface area contributed by atoms with Crippen LogP contribution in [0.2, 0.25) is 5.02 Å². The molecule has 0 aliphatic heterocycles. The van der Waals surface area contributed by atoms with Gasteiger partial charge in [0.05, 0.1) is 17.7 Å². The number of carbonyl (C=O) groups is 1. The lowest BCUT2D eigenvalue weighted by Crippen LogP contribution is -2.13. The quantitative estimate of drug-likeness (QED) is 0.447. The van der Waals surface area contributed by atoms with Crippen LogP contribution in [0.5, 0.6) is 5.75 Å². The van der Waals surface area contributed by atoms with Gasteiger partial charge in [-0.25, -0.2) is 0 Å². The number of nitro benzene ring substituents is 1. The molecule has 8 heteroatoms. The Morgan fingerprint density at radius 2 is 2.00 bits per heavy atom. The maximum absolute atomic E-state index is 12.0. The summed E-state index contributed by atoms with van der Waals surface area (Å²) in [5, 5.41) is 14.1. The SMILES string of the molecule is COc1ccc([N+](=O)[O-])cc1NC(=O)CCSc1ccc(Cl)cc1. The van der Waals surface area contributed by atoms with E-state index >= 15 is 0 Å². The van der Waals surface area contributed by atoms with Gasteiger partial charge in [0.25, 0.3) is 5.69 Å². The molecule has 0 radical (unpaired) electrons. The van der Waals surface area contributed by atoms with E-state index in [0.29, 0.717) is 16.5 Å². The van der Waals surface area contributed by atoms with Crippen LogP contribution >= 0.6 is 23.4 Å². The summed E-state index contributed by atoms with van der Waals surface area (Å²) in [5.41, 5.74) is 0.176. The van der Waals surface area contributed by atoms with Crippen molar-refractivity contribution in [3.05, 3.63) is 57.6 Å². The molecule has 2 rings (SSSR count). The zero-order chi connectivity index (χ0) is 17.5. The number of hydrogen-bond acceptors (Lipinski definition) is 5. The summed E-state index contributed by atoms with van der Waals surface area (Å²) in [6.07, 6.45) is 0.263. The number of hydrogen-bond donors (Lipinski definition) is 1. The number of methoxy groups -OCH3 is 1. The van der Waals surface area contributed by atoms with Crippen LogP contribution in [0.15, 0.2) is 47.4 Å². The summed E-state index contributed by atoms with van der Waals surface area (Å²) in [4.78, 5) is 23.4. The van der Waals surface area contributed by atoms with Crippen LogP contribution in [0.25, 0.3) is 0 Å². The van der Waals surface area contributed by atoms with Crippen LogP contribution < -0.4 is 10.1 Å². The maximum Gasteiger partial charge on any atom is 0.271 e. The Kier molecular flexibility index (Phi) is 6.45. The molecule has 1 amide bonds. The molecule has 0 heterocycles. The summed E-state index contributed by atoms with van der Waals surface area (Å²) in [6, 6.07) is 11.4. The molecule has 24 heavy (non-hydrogen) atoms. The highest BCUT2D eigenvalue weighted by Gasteiger charge is 2.13. The minimum atomic E-state index is -0.522. The predicted octanol–water partition coefficient (Wildman–Crippen LogP) is 4.38. The third-order valence-corrected chi connectivity index (χ3v) is 4.35. The highest BCUT2D eigenvalue weighted by atomic mass is 35.5. The number of halogens is 1. The molecule has 0 aliphatic rings. The lowest BCUT2D eigenvalue weighted by molar-refractivity contribution is -0.384. The first-order valence-corrected chi connectivity index (χ1v) is 8.36. The van der Waals surface area contributed by atoms with Crippen molar-refractivity contribution in [2.45, 2.75) is 11.3 Å². The number of rotatable bonds is 7. The number of thioether (sulfide) groups is 1. The molecule has 0 aliphatic carbocycles. The third kappa shape index (κ3) is 5.14. The Balaban J connectivity index is 1.93. The van der Waals surface area contributed by atoms with Crippen molar-refractivity contribution in [1.82, 2.24) is 0 Å². The second kappa shape index (κ2) is 8.56. The highest BCUT2D eigenvalue weighted by molar-refractivity contribution is 7.99. The van der Waals surface area contributed by atoms with E-state index in [9.17, 15) is 14.9 Å². The van der Waals surface area contributed by atoms with Crippen LogP contribution in [0.3, 0.4) is 0 Å². The summed E-state index contributed by atoms with van der Waals surface area (Å²) in [7, 11) is 1.44. The molecule has 6 nitrogen and oxygen atoms in total. The smallest absolute Gasteiger partial charge is 0.271 e. The van der Waals surface area contributed by atoms with Crippen molar-refractivity contribution in [2.24, 2.45) is 0 Å². The molecule has 0 aromatic heterocycles. The minimum Gasteiger partial charge on any atom is -0.495 e. The number of nitro groups is 1. The summed E-state index contributed by atoms with van der Waals surface area (Å²) in [6.45, 7) is 0. The van der Waals surface area contributed by atoms with Gasteiger partial charge >= 0.3 is 0 Å². The first kappa shape index (κ1) is 18.1. The number of ether oxygens (including phenoxy) is 1. The normalized spacial score (nSPS) is 10.2. The van der Waals surface area contributed by atoms with Gasteiger partial charge in [0.15, 0.2) is 0 Å². The average Bonchev–Trinajstić information content (AvgIpc) is 2.56. The number of nitrogens with one attached hydrogen (secondary N) is 1. The van der Waals surface area contributed by atoms with Gasteiger partial charge in [-0.15, -0.1) is 11.8 Å². The van der Waals surface area contributed by atoms with Gasteiger partial charge in [-0.2, -0.15) is 0 Å². The van der Waals surface area contributed by atoms with Gasteiger partial charge in [-0.3, -0.25) is 14.9 Å². The van der Waals surface area contributed by atoms with E-state index in [4.69, 9.17) is 16.3 Å². The first-order valence-electron chi connectivity index (χ1n) is 7.00. The molecule has 0 saturated carbocycles. The fraction of sp³-hybridized carbons (Fsp3) is 0.188. The Morgan fingerprint density at radius 1 is 1.29 bits per heavy atom. The van der Waals surface area contributed by atoms with E-state index in [-0.39, 0.29) is 23.7 Å². The average molecular weight is 367 g/mol. The summed E-state index contributed by atoms with van der Waals surface area (Å²) in [5.74, 6) is 0.708. The van der Waals surface area contributed by atoms with Crippen LogP contribution in [-0.4, -0.2) is 23.7 Å². The third-order valence-electron chi connectivity index (χ3n) is 3.08. The van der Waals surface area contributed by atoms with Crippen molar-refractivity contribution in [3.63, 3.8) is 0 Å². The molecule has 2 aromatic carbocycles. The molecule has 2 aromatic rings. The molecular formula is C16H15ClN2O4S. The van der Waals surface area contributed by atoms with Gasteiger partial charge < -0.3 is 10.1 Å². The van der Waals surface area contributed by atoms with Crippen LogP contribution in [0, 0.1) is 10.1 Å². The number of amides is 1. The van der Waals surface area contributed by atoms with E-state index in [1.165, 1.54) is 37.1 Å². The number of anilines is 1. The molecule has 0 saturated heterocycles. The minimum absolute atomic E-state index is 0.110. The van der Waals surface area contributed by atoms with Crippen molar-refractivity contribution >= 4 is 40.6 Å². The molecule has 1 N–H and O–H groups in total. The number of non-ortho nitro benzene ring substituents is 1. The zero-order valence-electron chi connectivity index (χ0n) is 12.8. The fourth-order valence-corrected chi connectivity index (χ4v) is 2.89. The highest BCUT2D eigenvalue weighted by Crippen LogP contribution is 2.29. The van der Waals surface area contributed by atoms with Crippen LogP contribution in [-0.2, 0) is 4.79 Å². The fourth-order valence-electron chi connectivity index (χ4n) is 1.91. The van der Waals surface area contributed by atoms with E-state index in [2.05, 4.69) is 5.32 Å². The number of nitrogens with zero attached hydrogens (tertiary/aromatic N) is 1. The Morgan fingerprint density at radius 3 is 2.62 bits per heavy atom. The topological polar surface area (TPSA) is 81.5 Å². The lowest BCUT2D eigenvalue weighted by atomic mass is 10.2. The number of benzene rings is 2. The molecular weight excluding hydrogens is 352 g/mol. The molecule has 126 valence electrons. The van der Waals surface area contributed by atoms with Gasteiger partial charge in [0.1, 0.15) is 5.75 Å². The second-order valence-electron chi connectivity index (χ2n) is 4.74. The van der Waals surface area contributed by atoms with Crippen molar-refractivity contribution < 1.29 is 14.5 Å².